The van der Waals surface area contributed by atoms with Gasteiger partial charge in [-0.3, -0.25) is 4.79 Å². The molecule has 4 rings (SSSR count). The Morgan fingerprint density at radius 2 is 1.66 bits per heavy atom. The Labute approximate surface area is 171 Å². The van der Waals surface area contributed by atoms with E-state index in [-0.39, 0.29) is 5.78 Å². The molecular weight excluding hydrogens is 360 g/mol. The van der Waals surface area contributed by atoms with E-state index in [1.165, 1.54) is 25.7 Å². The Hall–Kier alpha value is -3.21. The molecule has 29 heavy (non-hydrogen) atoms. The highest BCUT2D eigenvalue weighted by Crippen LogP contribution is 2.26. The molecular formula is C24H26N4O. The van der Waals surface area contributed by atoms with Crippen LogP contribution in [0.15, 0.2) is 60.7 Å². The topological polar surface area (TPSA) is 58.1 Å². The first kappa shape index (κ1) is 19.1. The fourth-order valence-electron chi connectivity index (χ4n) is 3.64. The van der Waals surface area contributed by atoms with Crippen molar-refractivity contribution in [3.63, 3.8) is 0 Å². The van der Waals surface area contributed by atoms with Gasteiger partial charge in [0.1, 0.15) is 11.6 Å². The molecule has 1 saturated heterocycles. The summed E-state index contributed by atoms with van der Waals surface area (Å²) < 4.78 is 0. The van der Waals surface area contributed by atoms with Crippen LogP contribution in [0.5, 0.6) is 0 Å². The minimum atomic E-state index is 0.0477. The predicted molar refractivity (Wildman–Crippen MR) is 118 cm³/mol. The van der Waals surface area contributed by atoms with Gasteiger partial charge < -0.3 is 10.2 Å². The smallest absolute Gasteiger partial charge is 0.163 e. The number of ketones is 1. The molecule has 148 valence electrons. The largest absolute Gasteiger partial charge is 0.356 e. The van der Waals surface area contributed by atoms with Gasteiger partial charge in [-0.05, 0) is 31.9 Å². The number of anilines is 3. The van der Waals surface area contributed by atoms with Crippen LogP contribution in [-0.2, 0) is 0 Å². The fourth-order valence-corrected chi connectivity index (χ4v) is 3.64. The molecule has 0 unspecified atom stereocenters. The lowest BCUT2D eigenvalue weighted by Gasteiger charge is -2.22. The monoisotopic (exact) mass is 386 g/mol. The molecule has 0 amide bonds. The molecule has 1 aromatic heterocycles. The molecule has 2 heterocycles. The molecule has 0 bridgehead atoms. The Kier molecular flexibility index (Phi) is 5.84. The van der Waals surface area contributed by atoms with Crippen LogP contribution >= 0.6 is 0 Å². The zero-order valence-corrected chi connectivity index (χ0v) is 16.8. The number of rotatable bonds is 5. The molecule has 0 radical (unpaired) electrons. The van der Waals surface area contributed by atoms with Crippen molar-refractivity contribution in [2.45, 2.75) is 32.6 Å². The lowest BCUT2D eigenvalue weighted by atomic mass is 10.1. The third kappa shape index (κ3) is 4.80. The number of carbonyl (C=O) groups excluding carboxylic acids is 1. The third-order valence-electron chi connectivity index (χ3n) is 5.22. The Bertz CT molecular complexity index is 979. The van der Waals surface area contributed by atoms with Gasteiger partial charge in [0.25, 0.3) is 0 Å². The first-order chi connectivity index (χ1) is 14.2. The van der Waals surface area contributed by atoms with Crippen LogP contribution < -0.4 is 10.2 Å². The number of hydrogen-bond donors (Lipinski definition) is 1. The van der Waals surface area contributed by atoms with E-state index in [2.05, 4.69) is 10.2 Å². The molecule has 1 fully saturated rings. The standard InChI is InChI=1S/C24H26N4O/c1-18(29)20-12-9-13-21(16-20)25-22-17-23(28-14-7-2-3-8-15-28)27-24(26-22)19-10-5-4-6-11-19/h4-6,9-13,16-17H,2-3,7-8,14-15H2,1H3,(H,25,26,27). The first-order valence-corrected chi connectivity index (χ1v) is 10.3. The summed E-state index contributed by atoms with van der Waals surface area (Å²) >= 11 is 0. The third-order valence-corrected chi connectivity index (χ3v) is 5.22. The number of nitrogens with zero attached hydrogens (tertiary/aromatic N) is 3. The second kappa shape index (κ2) is 8.86. The summed E-state index contributed by atoms with van der Waals surface area (Å²) in [5.74, 6) is 2.44. The zero-order valence-electron chi connectivity index (χ0n) is 16.8. The van der Waals surface area contributed by atoms with Crippen molar-refractivity contribution >= 4 is 23.1 Å². The number of aromatic nitrogens is 2. The molecule has 1 aliphatic heterocycles. The lowest BCUT2D eigenvalue weighted by molar-refractivity contribution is 0.101. The van der Waals surface area contributed by atoms with Gasteiger partial charge >= 0.3 is 0 Å². The normalized spacial score (nSPS) is 14.3. The van der Waals surface area contributed by atoms with Gasteiger partial charge in [-0.1, -0.05) is 55.3 Å². The molecule has 3 aromatic rings. The maximum absolute atomic E-state index is 11.7. The highest BCUT2D eigenvalue weighted by Gasteiger charge is 2.15. The van der Waals surface area contributed by atoms with Gasteiger partial charge in [-0.2, -0.15) is 0 Å². The molecule has 2 aromatic carbocycles. The van der Waals surface area contributed by atoms with Crippen LogP contribution in [0.4, 0.5) is 17.3 Å². The van der Waals surface area contributed by atoms with Crippen molar-refractivity contribution in [3.05, 3.63) is 66.2 Å². The number of carbonyl (C=O) groups is 1. The molecule has 0 saturated carbocycles. The second-order valence-corrected chi connectivity index (χ2v) is 7.46. The van der Waals surface area contributed by atoms with Gasteiger partial charge in [0.15, 0.2) is 11.6 Å². The summed E-state index contributed by atoms with van der Waals surface area (Å²) in [7, 11) is 0. The lowest BCUT2D eigenvalue weighted by Crippen LogP contribution is -2.25. The maximum atomic E-state index is 11.7. The summed E-state index contributed by atoms with van der Waals surface area (Å²) in [6, 6.07) is 19.6. The van der Waals surface area contributed by atoms with E-state index >= 15 is 0 Å². The summed E-state index contributed by atoms with van der Waals surface area (Å²) in [6.07, 6.45) is 4.92. The molecule has 0 aliphatic carbocycles. The number of Topliss-reactive ketones (excluding diaryl/α,β-unsaturated/α-hetero) is 1. The average molecular weight is 386 g/mol. The SMILES string of the molecule is CC(=O)c1cccc(Nc2cc(N3CCCCCC3)nc(-c3ccccc3)n2)c1. The summed E-state index contributed by atoms with van der Waals surface area (Å²) in [6.45, 7) is 3.61. The van der Waals surface area contributed by atoms with Gasteiger partial charge in [-0.25, -0.2) is 9.97 Å². The van der Waals surface area contributed by atoms with Gasteiger partial charge in [0, 0.05) is 36.0 Å². The first-order valence-electron chi connectivity index (χ1n) is 10.3. The van der Waals surface area contributed by atoms with Crippen LogP contribution in [0.1, 0.15) is 43.0 Å². The van der Waals surface area contributed by atoms with Crippen molar-refractivity contribution in [1.29, 1.82) is 0 Å². The van der Waals surface area contributed by atoms with E-state index < -0.39 is 0 Å². The number of hydrogen-bond acceptors (Lipinski definition) is 5. The highest BCUT2D eigenvalue weighted by molar-refractivity contribution is 5.95. The number of benzene rings is 2. The van der Waals surface area contributed by atoms with Crippen molar-refractivity contribution in [3.8, 4) is 11.4 Å². The van der Waals surface area contributed by atoms with Gasteiger partial charge in [-0.15, -0.1) is 0 Å². The minimum absolute atomic E-state index is 0.0477. The Balaban J connectivity index is 1.71. The maximum Gasteiger partial charge on any atom is 0.163 e. The Morgan fingerprint density at radius 1 is 0.897 bits per heavy atom. The number of nitrogens with one attached hydrogen (secondary N) is 1. The molecule has 0 atom stereocenters. The fraction of sp³-hybridized carbons (Fsp3) is 0.292. The van der Waals surface area contributed by atoms with E-state index in [1.807, 2.05) is 60.7 Å². The van der Waals surface area contributed by atoms with Gasteiger partial charge in [0.2, 0.25) is 0 Å². The predicted octanol–water partition coefficient (Wildman–Crippen LogP) is 5.47. The van der Waals surface area contributed by atoms with E-state index in [4.69, 9.17) is 9.97 Å². The van der Waals surface area contributed by atoms with Crippen LogP contribution in [0.25, 0.3) is 11.4 Å². The average Bonchev–Trinajstić information content (AvgIpc) is 3.04. The zero-order chi connectivity index (χ0) is 20.1. The second-order valence-electron chi connectivity index (χ2n) is 7.46. The van der Waals surface area contributed by atoms with E-state index in [1.54, 1.807) is 6.92 Å². The molecule has 0 spiro atoms. The van der Waals surface area contributed by atoms with E-state index in [0.717, 1.165) is 36.0 Å². The van der Waals surface area contributed by atoms with E-state index in [9.17, 15) is 4.79 Å². The summed E-state index contributed by atoms with van der Waals surface area (Å²) in [4.78, 5) is 23.7. The summed E-state index contributed by atoms with van der Waals surface area (Å²) in [5.41, 5.74) is 2.52. The quantitative estimate of drug-likeness (QED) is 0.589. The van der Waals surface area contributed by atoms with Crippen LogP contribution in [0.3, 0.4) is 0 Å². The van der Waals surface area contributed by atoms with Crippen molar-refractivity contribution in [1.82, 2.24) is 9.97 Å². The molecule has 1 N–H and O–H groups in total. The highest BCUT2D eigenvalue weighted by atomic mass is 16.1. The van der Waals surface area contributed by atoms with Gasteiger partial charge in [0.05, 0.1) is 0 Å². The van der Waals surface area contributed by atoms with Crippen LogP contribution in [0.2, 0.25) is 0 Å². The molecule has 1 aliphatic rings. The van der Waals surface area contributed by atoms with Crippen molar-refractivity contribution < 1.29 is 4.79 Å². The molecule has 5 heteroatoms. The van der Waals surface area contributed by atoms with Crippen LogP contribution in [-0.4, -0.2) is 28.8 Å². The van der Waals surface area contributed by atoms with E-state index in [0.29, 0.717) is 11.4 Å². The summed E-state index contributed by atoms with van der Waals surface area (Å²) in [5, 5.41) is 3.37. The van der Waals surface area contributed by atoms with Crippen molar-refractivity contribution in [2.24, 2.45) is 0 Å². The Morgan fingerprint density at radius 3 is 2.38 bits per heavy atom. The van der Waals surface area contributed by atoms with Crippen LogP contribution in [0, 0.1) is 0 Å². The van der Waals surface area contributed by atoms with Crippen molar-refractivity contribution in [2.75, 3.05) is 23.3 Å². The molecule has 5 nitrogen and oxygen atoms in total. The minimum Gasteiger partial charge on any atom is -0.356 e.